The molecule has 4 rings (SSSR count). The summed E-state index contributed by atoms with van der Waals surface area (Å²) in [7, 11) is 0. The highest BCUT2D eigenvalue weighted by Crippen LogP contribution is 2.30. The van der Waals surface area contributed by atoms with E-state index < -0.39 is 0 Å². The second-order valence-electron chi connectivity index (χ2n) is 7.18. The first kappa shape index (κ1) is 21.5. The predicted octanol–water partition coefficient (Wildman–Crippen LogP) is 4.69. The van der Waals surface area contributed by atoms with E-state index in [1.807, 2.05) is 66.7 Å². The van der Waals surface area contributed by atoms with Gasteiger partial charge in [-0.05, 0) is 41.0 Å². The van der Waals surface area contributed by atoms with Gasteiger partial charge < -0.3 is 21.5 Å². The Balaban J connectivity index is 1.48. The summed E-state index contributed by atoms with van der Waals surface area (Å²) in [4.78, 5) is 12.5. The van der Waals surface area contributed by atoms with Gasteiger partial charge in [0, 0.05) is 24.0 Å². The molecule has 4 aromatic rings. The number of hydrogen-bond acceptors (Lipinski definition) is 7. The van der Waals surface area contributed by atoms with Crippen LogP contribution in [0.2, 0.25) is 5.15 Å². The molecule has 0 saturated heterocycles. The molecule has 0 aliphatic carbocycles. The molecule has 2 aromatic carbocycles. The summed E-state index contributed by atoms with van der Waals surface area (Å²) in [5.74, 6) is 0.446. The lowest BCUT2D eigenvalue weighted by Gasteiger charge is -2.14. The Kier molecular flexibility index (Phi) is 6.79. The maximum atomic E-state index is 6.20. The zero-order valence-electron chi connectivity index (χ0n) is 17.3. The Morgan fingerprint density at radius 1 is 0.875 bits per heavy atom. The molecule has 0 bridgehead atoms. The summed E-state index contributed by atoms with van der Waals surface area (Å²) < 4.78 is 5.87. The van der Waals surface area contributed by atoms with E-state index in [9.17, 15) is 0 Å². The molecular formula is C24H23ClN6O. The van der Waals surface area contributed by atoms with E-state index in [2.05, 4.69) is 20.3 Å². The van der Waals surface area contributed by atoms with Gasteiger partial charge in [-0.25, -0.2) is 9.97 Å². The van der Waals surface area contributed by atoms with Gasteiger partial charge in [-0.3, -0.25) is 0 Å². The van der Waals surface area contributed by atoms with Crippen molar-refractivity contribution in [1.29, 1.82) is 0 Å². The third-order valence-corrected chi connectivity index (χ3v) is 5.05. The van der Waals surface area contributed by atoms with Crippen LogP contribution in [0.5, 0.6) is 0 Å². The second-order valence-corrected chi connectivity index (χ2v) is 7.57. The molecule has 0 unspecified atom stereocenters. The Morgan fingerprint density at radius 2 is 1.66 bits per heavy atom. The summed E-state index contributed by atoms with van der Waals surface area (Å²) in [6.45, 7) is 1.36. The Bertz CT molecular complexity index is 1180. The molecule has 7 nitrogen and oxygen atoms in total. The van der Waals surface area contributed by atoms with Crippen LogP contribution in [0.1, 0.15) is 16.8 Å². The number of aromatic nitrogens is 3. The summed E-state index contributed by atoms with van der Waals surface area (Å²) in [5, 5.41) is 3.84. The average Bonchev–Trinajstić information content (AvgIpc) is 2.79. The number of nitrogen functional groups attached to an aromatic ring is 2. The van der Waals surface area contributed by atoms with Crippen LogP contribution in [-0.2, 0) is 24.5 Å². The number of nitrogens with zero attached hydrogens (tertiary/aromatic N) is 3. The summed E-state index contributed by atoms with van der Waals surface area (Å²) in [6.07, 6.45) is 1.69. The number of pyridine rings is 1. The highest BCUT2D eigenvalue weighted by Gasteiger charge is 2.14. The maximum absolute atomic E-state index is 6.20. The first-order valence-corrected chi connectivity index (χ1v) is 10.4. The Hall–Kier alpha value is -3.68. The largest absolute Gasteiger partial charge is 0.383 e. The number of nitrogens with two attached hydrogens (primary N) is 2. The fourth-order valence-corrected chi connectivity index (χ4v) is 3.51. The molecule has 0 amide bonds. The summed E-state index contributed by atoms with van der Waals surface area (Å²) in [5.41, 5.74) is 17.4. The van der Waals surface area contributed by atoms with E-state index in [0.717, 1.165) is 27.9 Å². The maximum Gasteiger partial charge on any atom is 0.222 e. The molecular weight excluding hydrogens is 424 g/mol. The van der Waals surface area contributed by atoms with E-state index in [1.54, 1.807) is 6.20 Å². The number of halogens is 1. The van der Waals surface area contributed by atoms with Crippen molar-refractivity contribution in [2.75, 3.05) is 16.8 Å². The van der Waals surface area contributed by atoms with Gasteiger partial charge in [0.05, 0.1) is 18.9 Å². The zero-order chi connectivity index (χ0) is 22.3. The minimum absolute atomic E-state index is 0.124. The fraction of sp³-hybridized carbons (Fsp3) is 0.125. The highest BCUT2D eigenvalue weighted by molar-refractivity contribution is 6.29. The minimum atomic E-state index is 0.124. The normalized spacial score (nSPS) is 10.8. The molecule has 2 aromatic heterocycles. The first-order chi connectivity index (χ1) is 15.6. The number of anilines is 3. The molecule has 5 N–H and O–H groups in total. The van der Waals surface area contributed by atoms with Crippen LogP contribution in [0.15, 0.2) is 72.9 Å². The third-order valence-electron chi connectivity index (χ3n) is 4.84. The van der Waals surface area contributed by atoms with Crippen LogP contribution in [0.4, 0.5) is 17.5 Å². The molecule has 0 radical (unpaired) electrons. The van der Waals surface area contributed by atoms with Crippen molar-refractivity contribution in [3.8, 4) is 11.1 Å². The van der Waals surface area contributed by atoms with Crippen LogP contribution >= 0.6 is 11.6 Å². The standard InChI is InChI=1S/C24H23ClN6O/c25-21-12-17(10-11-28-21)13-29-19-8-6-18(7-9-19)22-20(30-24(27)31-23(22)26)15-32-14-16-4-2-1-3-5-16/h1-12,29H,13-15H2,(H4,26,27,30,31). The van der Waals surface area contributed by atoms with Gasteiger partial charge in [0.1, 0.15) is 11.0 Å². The van der Waals surface area contributed by atoms with Crippen molar-refractivity contribution in [2.24, 2.45) is 0 Å². The van der Waals surface area contributed by atoms with Crippen LogP contribution < -0.4 is 16.8 Å². The van der Waals surface area contributed by atoms with E-state index in [1.165, 1.54) is 0 Å². The number of ether oxygens (including phenoxy) is 1. The van der Waals surface area contributed by atoms with Crippen LogP contribution in [-0.4, -0.2) is 15.0 Å². The molecule has 0 saturated carbocycles. The summed E-state index contributed by atoms with van der Waals surface area (Å²) in [6, 6.07) is 21.6. The number of hydrogen-bond donors (Lipinski definition) is 3. The van der Waals surface area contributed by atoms with Gasteiger partial charge in [0.15, 0.2) is 0 Å². The smallest absolute Gasteiger partial charge is 0.222 e. The lowest BCUT2D eigenvalue weighted by atomic mass is 10.0. The van der Waals surface area contributed by atoms with E-state index in [-0.39, 0.29) is 12.6 Å². The molecule has 0 aliphatic heterocycles. The van der Waals surface area contributed by atoms with Crippen molar-refractivity contribution in [3.63, 3.8) is 0 Å². The van der Waals surface area contributed by atoms with Crippen molar-refractivity contribution in [1.82, 2.24) is 15.0 Å². The zero-order valence-corrected chi connectivity index (χ0v) is 18.1. The molecule has 0 fully saturated rings. The van der Waals surface area contributed by atoms with Crippen molar-refractivity contribution in [2.45, 2.75) is 19.8 Å². The highest BCUT2D eigenvalue weighted by atomic mass is 35.5. The van der Waals surface area contributed by atoms with Crippen LogP contribution in [0.25, 0.3) is 11.1 Å². The molecule has 32 heavy (non-hydrogen) atoms. The van der Waals surface area contributed by atoms with Crippen molar-refractivity contribution in [3.05, 3.63) is 94.9 Å². The molecule has 2 heterocycles. The molecule has 162 valence electrons. The predicted molar refractivity (Wildman–Crippen MR) is 128 cm³/mol. The van der Waals surface area contributed by atoms with Gasteiger partial charge in [-0.1, -0.05) is 54.1 Å². The van der Waals surface area contributed by atoms with Gasteiger partial charge in [-0.2, -0.15) is 4.98 Å². The number of rotatable bonds is 8. The van der Waals surface area contributed by atoms with Crippen molar-refractivity contribution >= 4 is 29.1 Å². The SMILES string of the molecule is Nc1nc(N)c(-c2ccc(NCc3ccnc(Cl)c3)cc2)c(COCc2ccccc2)n1. The third kappa shape index (κ3) is 5.51. The molecule has 0 aliphatic rings. The topological polar surface area (TPSA) is 112 Å². The number of benzene rings is 2. The summed E-state index contributed by atoms with van der Waals surface area (Å²) >= 11 is 5.95. The van der Waals surface area contributed by atoms with E-state index in [0.29, 0.717) is 29.8 Å². The lowest BCUT2D eigenvalue weighted by Crippen LogP contribution is -2.08. The number of nitrogens with one attached hydrogen (secondary N) is 1. The van der Waals surface area contributed by atoms with E-state index >= 15 is 0 Å². The second kappa shape index (κ2) is 10.1. The lowest BCUT2D eigenvalue weighted by molar-refractivity contribution is 0.105. The average molecular weight is 447 g/mol. The van der Waals surface area contributed by atoms with E-state index in [4.69, 9.17) is 27.8 Å². The molecule has 0 spiro atoms. The fourth-order valence-electron chi connectivity index (χ4n) is 3.32. The van der Waals surface area contributed by atoms with Gasteiger partial charge in [-0.15, -0.1) is 0 Å². The first-order valence-electron chi connectivity index (χ1n) is 10.1. The Morgan fingerprint density at radius 3 is 2.41 bits per heavy atom. The van der Waals surface area contributed by atoms with Crippen LogP contribution in [0.3, 0.4) is 0 Å². The Labute approximate surface area is 191 Å². The molecule has 0 atom stereocenters. The van der Waals surface area contributed by atoms with Gasteiger partial charge >= 0.3 is 0 Å². The van der Waals surface area contributed by atoms with Crippen molar-refractivity contribution < 1.29 is 4.74 Å². The quantitative estimate of drug-likeness (QED) is 0.337. The van der Waals surface area contributed by atoms with Gasteiger partial charge in [0.2, 0.25) is 5.95 Å². The molecule has 8 heteroatoms. The minimum Gasteiger partial charge on any atom is -0.383 e. The monoisotopic (exact) mass is 446 g/mol. The van der Waals surface area contributed by atoms with Gasteiger partial charge in [0.25, 0.3) is 0 Å². The van der Waals surface area contributed by atoms with Crippen LogP contribution in [0, 0.1) is 0 Å².